The van der Waals surface area contributed by atoms with Crippen LogP contribution in [0.3, 0.4) is 0 Å². The van der Waals surface area contributed by atoms with Crippen molar-refractivity contribution in [3.05, 3.63) is 58.7 Å². The average molecular weight is 812 g/mol. The Bertz CT molecular complexity index is 1520. The summed E-state index contributed by atoms with van der Waals surface area (Å²) in [5, 5.41) is 13.3. The Balaban J connectivity index is 1.55. The molecule has 3 rings (SSSR count). The number of alkyl halides is 12. The van der Waals surface area contributed by atoms with Crippen molar-refractivity contribution in [2.24, 2.45) is 4.99 Å². The minimum absolute atomic E-state index is 0.0166. The molecular weight excluding hydrogens is 775 g/mol. The van der Waals surface area contributed by atoms with Gasteiger partial charge in [-0.15, -0.1) is 0 Å². The Kier molecular flexibility index (Phi) is 14.9. The van der Waals surface area contributed by atoms with E-state index in [9.17, 15) is 52.7 Å². The van der Waals surface area contributed by atoms with Crippen LogP contribution in [0.25, 0.3) is 0 Å². The van der Waals surface area contributed by atoms with Gasteiger partial charge in [0.1, 0.15) is 0 Å². The number of anilines is 2. The predicted molar refractivity (Wildman–Crippen MR) is 185 cm³/mol. The third-order valence-corrected chi connectivity index (χ3v) is 8.23. The summed E-state index contributed by atoms with van der Waals surface area (Å²) in [6.07, 6.45) is -16.4. The van der Waals surface area contributed by atoms with E-state index in [1.807, 2.05) is 0 Å². The molecule has 5 N–H and O–H groups in total. The summed E-state index contributed by atoms with van der Waals surface area (Å²) in [5.74, 6) is 0.581. The van der Waals surface area contributed by atoms with E-state index in [-0.39, 0.29) is 34.9 Å². The maximum Gasteiger partial charge on any atom is 0.416 e. The molecule has 21 heteroatoms. The monoisotopic (exact) mass is 811 g/mol. The van der Waals surface area contributed by atoms with Crippen molar-refractivity contribution in [1.29, 1.82) is 0 Å². The van der Waals surface area contributed by atoms with Crippen LogP contribution in [-0.2, 0) is 24.7 Å². The number of thiocarbonyl (C=S) groups is 2. The van der Waals surface area contributed by atoms with Crippen molar-refractivity contribution >= 4 is 52.0 Å². The summed E-state index contributed by atoms with van der Waals surface area (Å²) >= 11 is 10.3. The molecule has 1 aliphatic heterocycles. The minimum atomic E-state index is -5.01. The summed E-state index contributed by atoms with van der Waals surface area (Å²) in [7, 11) is 0. The number of halogens is 12. The first-order valence-electron chi connectivity index (χ1n) is 16.2. The Morgan fingerprint density at radius 1 is 0.623 bits per heavy atom. The summed E-state index contributed by atoms with van der Waals surface area (Å²) in [5.41, 5.74) is -6.91. The van der Waals surface area contributed by atoms with Crippen LogP contribution in [0.5, 0.6) is 0 Å². The quantitative estimate of drug-likeness (QED) is 0.0706. The van der Waals surface area contributed by atoms with Crippen molar-refractivity contribution in [3.8, 4) is 0 Å². The molecule has 0 aliphatic carbocycles. The summed E-state index contributed by atoms with van der Waals surface area (Å²) in [6.45, 7) is 5.49. The van der Waals surface area contributed by atoms with E-state index in [1.54, 1.807) is 13.8 Å². The molecule has 2 aromatic carbocycles. The number of guanidine groups is 1. The maximum atomic E-state index is 13.2. The lowest BCUT2D eigenvalue weighted by molar-refractivity contribution is -0.144. The van der Waals surface area contributed by atoms with Gasteiger partial charge in [0.05, 0.1) is 22.3 Å². The van der Waals surface area contributed by atoms with Crippen LogP contribution in [0.4, 0.5) is 64.1 Å². The van der Waals surface area contributed by atoms with Crippen molar-refractivity contribution in [2.45, 2.75) is 82.7 Å². The van der Waals surface area contributed by atoms with Gasteiger partial charge in [-0.3, -0.25) is 4.99 Å². The fourth-order valence-corrected chi connectivity index (χ4v) is 5.76. The second kappa shape index (κ2) is 18.1. The largest absolute Gasteiger partial charge is 0.416 e. The molecule has 1 heterocycles. The first-order chi connectivity index (χ1) is 24.4. The minimum Gasteiger partial charge on any atom is -0.360 e. The van der Waals surface area contributed by atoms with E-state index >= 15 is 0 Å². The Morgan fingerprint density at radius 3 is 1.38 bits per heavy atom. The first-order valence-corrected chi connectivity index (χ1v) is 17.0. The zero-order valence-electron chi connectivity index (χ0n) is 28.2. The van der Waals surface area contributed by atoms with Gasteiger partial charge in [0, 0.05) is 49.6 Å². The molecule has 1 fully saturated rings. The Labute approximate surface area is 308 Å². The summed E-state index contributed by atoms with van der Waals surface area (Å²) in [4.78, 5) is 6.71. The topological polar surface area (TPSA) is 75.8 Å². The highest BCUT2D eigenvalue weighted by Crippen LogP contribution is 2.39. The van der Waals surface area contributed by atoms with Crippen LogP contribution < -0.4 is 26.6 Å². The number of rotatable bonds is 10. The molecule has 0 aromatic heterocycles. The van der Waals surface area contributed by atoms with Gasteiger partial charge in [-0.2, -0.15) is 52.7 Å². The zero-order valence-corrected chi connectivity index (χ0v) is 29.9. The second-order valence-corrected chi connectivity index (χ2v) is 13.2. The lowest BCUT2D eigenvalue weighted by atomic mass is 10.1. The highest BCUT2D eigenvalue weighted by atomic mass is 32.1. The van der Waals surface area contributed by atoms with E-state index in [0.29, 0.717) is 49.6 Å². The van der Waals surface area contributed by atoms with Crippen LogP contribution in [0, 0.1) is 0 Å². The number of likely N-dealkylation sites (tertiary alicyclic amines) is 1. The second-order valence-electron chi connectivity index (χ2n) is 12.3. The van der Waals surface area contributed by atoms with Crippen LogP contribution >= 0.6 is 24.4 Å². The van der Waals surface area contributed by atoms with Crippen molar-refractivity contribution in [1.82, 2.24) is 20.9 Å². The van der Waals surface area contributed by atoms with Crippen LogP contribution in [-0.4, -0.2) is 59.3 Å². The van der Waals surface area contributed by atoms with Gasteiger partial charge in [-0.1, -0.05) is 0 Å². The van der Waals surface area contributed by atoms with Gasteiger partial charge in [-0.25, -0.2) is 0 Å². The van der Waals surface area contributed by atoms with Crippen molar-refractivity contribution < 1.29 is 52.7 Å². The molecule has 296 valence electrons. The summed E-state index contributed by atoms with van der Waals surface area (Å²) in [6, 6.07) is 1.38. The van der Waals surface area contributed by atoms with Gasteiger partial charge in [0.2, 0.25) is 0 Å². The first kappa shape index (κ1) is 43.7. The fourth-order valence-electron chi connectivity index (χ4n) is 5.12. The molecule has 0 saturated carbocycles. The third-order valence-electron chi connectivity index (χ3n) is 7.79. The number of hydrogen-bond donors (Lipinski definition) is 5. The molecule has 0 amide bonds. The van der Waals surface area contributed by atoms with E-state index in [0.717, 1.165) is 32.4 Å². The molecule has 53 heavy (non-hydrogen) atoms. The average Bonchev–Trinajstić information content (AvgIpc) is 3.02. The number of benzene rings is 2. The molecule has 1 aliphatic rings. The van der Waals surface area contributed by atoms with Crippen LogP contribution in [0.15, 0.2) is 41.4 Å². The number of nitrogens with zero attached hydrogens (tertiary/aromatic N) is 2. The molecule has 0 bridgehead atoms. The lowest BCUT2D eigenvalue weighted by Crippen LogP contribution is -2.46. The molecule has 0 unspecified atom stereocenters. The smallest absolute Gasteiger partial charge is 0.360 e. The van der Waals surface area contributed by atoms with Gasteiger partial charge < -0.3 is 31.5 Å². The number of hydrogen-bond acceptors (Lipinski definition) is 3. The Hall–Kier alpha value is -3.75. The number of aliphatic imine (C=N–C) groups is 1. The lowest BCUT2D eigenvalue weighted by Gasteiger charge is -2.30. The van der Waals surface area contributed by atoms with Crippen molar-refractivity contribution in [3.63, 3.8) is 0 Å². The van der Waals surface area contributed by atoms with E-state index in [2.05, 4.69) is 36.5 Å². The van der Waals surface area contributed by atoms with Crippen LogP contribution in [0.2, 0.25) is 0 Å². The normalized spacial score (nSPS) is 15.7. The number of piperidine rings is 1. The molecule has 0 radical (unpaired) electrons. The molecule has 1 saturated heterocycles. The molecule has 7 nitrogen and oxygen atoms in total. The van der Waals surface area contributed by atoms with E-state index in [1.165, 1.54) is 0 Å². The third kappa shape index (κ3) is 14.5. The molecule has 2 atom stereocenters. The maximum absolute atomic E-state index is 13.2. The fraction of sp³-hybridized carbons (Fsp3) is 0.531. The molecular formula is C32H37F12N7S2. The molecule has 0 spiro atoms. The highest BCUT2D eigenvalue weighted by Gasteiger charge is 2.38. The van der Waals surface area contributed by atoms with Gasteiger partial charge in [-0.05, 0) is 107 Å². The van der Waals surface area contributed by atoms with E-state index < -0.39 is 64.4 Å². The van der Waals surface area contributed by atoms with Gasteiger partial charge in [0.15, 0.2) is 16.2 Å². The standard InChI is InChI=1S/C32H37F12N7S2/c1-18(47-27(52)49-24-14-20(29(33,34)35)12-21(15-24)30(36,37)38)6-8-45-26(51-10-4-3-5-11-51)46-9-7-19(2)48-28(53)50-25-16-22(31(39,40)41)13-23(17-25)32(42,43)44/h12-19H,3-11H2,1-2H3,(H,45,46)(H2,47,49,52)(H2,48,50,53)/t18-,19-/m0/s1. The van der Waals surface area contributed by atoms with Gasteiger partial charge >= 0.3 is 24.7 Å². The Morgan fingerprint density at radius 2 is 1.00 bits per heavy atom. The predicted octanol–water partition coefficient (Wildman–Crippen LogP) is 9.02. The highest BCUT2D eigenvalue weighted by molar-refractivity contribution is 7.80. The van der Waals surface area contributed by atoms with E-state index in [4.69, 9.17) is 24.4 Å². The van der Waals surface area contributed by atoms with Crippen LogP contribution in [0.1, 0.15) is 68.2 Å². The van der Waals surface area contributed by atoms with Crippen molar-refractivity contribution in [2.75, 3.05) is 36.8 Å². The zero-order chi connectivity index (χ0) is 39.8. The molecule has 2 aromatic rings. The summed E-state index contributed by atoms with van der Waals surface area (Å²) < 4.78 is 159. The SMILES string of the molecule is C[C@@H](CCN=C(NCC[C@H](C)NC(=S)Nc1cc(C(F)(F)F)cc(C(F)(F)F)c1)N1CCCCC1)NC(=S)Nc1cc(C(F)(F)F)cc(C(F)(F)F)c1. The number of nitrogens with one attached hydrogen (secondary N) is 5. The van der Waals surface area contributed by atoms with Gasteiger partial charge in [0.25, 0.3) is 0 Å².